The SMILES string of the molecule is CCOc1cccc(F)c1CN1CCN(C(=O)[C@H](N)C2CCN(CCc3cc(Cl)ccc3NCCCNCCCN)CC2)CC1. The van der Waals surface area contributed by atoms with Gasteiger partial charge in [0.05, 0.1) is 12.6 Å². The molecule has 2 fully saturated rings. The fraction of sp³-hybridized carbons (Fsp3) is 0.618. The summed E-state index contributed by atoms with van der Waals surface area (Å²) in [5, 5.41) is 7.76. The maximum Gasteiger partial charge on any atom is 0.239 e. The zero-order valence-electron chi connectivity index (χ0n) is 26.9. The Balaban J connectivity index is 1.17. The number of nitrogens with zero attached hydrogens (tertiary/aromatic N) is 3. The number of amides is 1. The molecule has 0 aromatic heterocycles. The molecule has 2 aliphatic heterocycles. The normalized spacial score (nSPS) is 17.4. The van der Waals surface area contributed by atoms with Crippen molar-refractivity contribution in [3.63, 3.8) is 0 Å². The van der Waals surface area contributed by atoms with Crippen LogP contribution in [0.3, 0.4) is 0 Å². The van der Waals surface area contributed by atoms with E-state index in [1.807, 2.05) is 24.0 Å². The summed E-state index contributed by atoms with van der Waals surface area (Å²) in [6.07, 6.45) is 4.78. The van der Waals surface area contributed by atoms with Crippen LogP contribution in [0.4, 0.5) is 10.1 Å². The second kappa shape index (κ2) is 18.6. The third-order valence-corrected chi connectivity index (χ3v) is 9.27. The predicted molar refractivity (Wildman–Crippen MR) is 181 cm³/mol. The van der Waals surface area contributed by atoms with Gasteiger partial charge in [-0.2, -0.15) is 0 Å². The lowest BCUT2D eigenvalue weighted by atomic mass is 9.88. The number of carbonyl (C=O) groups is 1. The molecule has 2 saturated heterocycles. The number of benzene rings is 2. The Bertz CT molecular complexity index is 1190. The minimum absolute atomic E-state index is 0.0400. The largest absolute Gasteiger partial charge is 0.493 e. The molecule has 0 saturated carbocycles. The number of likely N-dealkylation sites (tertiary alicyclic amines) is 1. The van der Waals surface area contributed by atoms with E-state index in [0.717, 1.165) is 88.6 Å². The molecule has 0 unspecified atom stereocenters. The highest BCUT2D eigenvalue weighted by molar-refractivity contribution is 6.30. The van der Waals surface area contributed by atoms with Crippen LogP contribution in [0.15, 0.2) is 36.4 Å². The fourth-order valence-corrected chi connectivity index (χ4v) is 6.48. The second-order valence-corrected chi connectivity index (χ2v) is 12.6. The highest BCUT2D eigenvalue weighted by atomic mass is 35.5. The van der Waals surface area contributed by atoms with Gasteiger partial charge < -0.3 is 36.6 Å². The van der Waals surface area contributed by atoms with Crippen molar-refractivity contribution in [1.82, 2.24) is 20.0 Å². The van der Waals surface area contributed by atoms with Crippen LogP contribution in [0.25, 0.3) is 0 Å². The van der Waals surface area contributed by atoms with Gasteiger partial charge in [0.25, 0.3) is 0 Å². The lowest BCUT2D eigenvalue weighted by Gasteiger charge is -2.39. The molecule has 2 aliphatic rings. The number of piperazine rings is 1. The standard InChI is InChI=1S/C34H53ClFN7O2/c1-2-45-32-7-3-6-30(36)29(32)25-42-20-22-43(23-21-42)34(44)33(38)26-10-17-41(18-11-26)19-12-27-24-28(35)8-9-31(27)40-16-5-15-39-14-4-13-37/h3,6-9,24,26,33,39-40H,2,4-5,10-23,25,37-38H2,1H3/t33-/m1/s1. The molecular weight excluding hydrogens is 593 g/mol. The first kappa shape index (κ1) is 35.4. The summed E-state index contributed by atoms with van der Waals surface area (Å²) in [4.78, 5) is 19.9. The quantitative estimate of drug-likeness (QED) is 0.193. The molecule has 1 atom stereocenters. The van der Waals surface area contributed by atoms with Crippen molar-refractivity contribution in [2.75, 3.05) is 83.9 Å². The zero-order chi connectivity index (χ0) is 32.0. The van der Waals surface area contributed by atoms with Crippen LogP contribution in [0.2, 0.25) is 5.02 Å². The summed E-state index contributed by atoms with van der Waals surface area (Å²) >= 11 is 6.35. The van der Waals surface area contributed by atoms with Gasteiger partial charge in [-0.3, -0.25) is 9.69 Å². The summed E-state index contributed by atoms with van der Waals surface area (Å²) in [6, 6.07) is 10.6. The van der Waals surface area contributed by atoms with E-state index in [4.69, 9.17) is 27.8 Å². The van der Waals surface area contributed by atoms with Crippen molar-refractivity contribution >= 4 is 23.2 Å². The van der Waals surface area contributed by atoms with Gasteiger partial charge in [0, 0.05) is 62.1 Å². The van der Waals surface area contributed by atoms with Gasteiger partial charge in [-0.05, 0) is 114 Å². The molecule has 250 valence electrons. The first-order chi connectivity index (χ1) is 21.9. The monoisotopic (exact) mass is 645 g/mol. The van der Waals surface area contributed by atoms with Gasteiger partial charge in [-0.25, -0.2) is 4.39 Å². The number of rotatable bonds is 17. The highest BCUT2D eigenvalue weighted by Gasteiger charge is 2.33. The van der Waals surface area contributed by atoms with Gasteiger partial charge in [-0.15, -0.1) is 0 Å². The molecule has 2 aromatic carbocycles. The maximum absolute atomic E-state index is 14.5. The average molecular weight is 646 g/mol. The van der Waals surface area contributed by atoms with E-state index >= 15 is 0 Å². The van der Waals surface area contributed by atoms with Crippen LogP contribution >= 0.6 is 11.6 Å². The number of nitrogens with one attached hydrogen (secondary N) is 2. The minimum Gasteiger partial charge on any atom is -0.493 e. The Morgan fingerprint density at radius 3 is 2.53 bits per heavy atom. The van der Waals surface area contributed by atoms with Crippen LogP contribution in [0.5, 0.6) is 5.75 Å². The smallest absolute Gasteiger partial charge is 0.239 e. The molecule has 0 aliphatic carbocycles. The van der Waals surface area contributed by atoms with Crippen LogP contribution in [0, 0.1) is 11.7 Å². The molecule has 4 rings (SSSR count). The fourth-order valence-electron chi connectivity index (χ4n) is 6.29. The van der Waals surface area contributed by atoms with E-state index in [2.05, 4.69) is 32.6 Å². The molecular formula is C34H53ClFN7O2. The van der Waals surface area contributed by atoms with Crippen molar-refractivity contribution in [3.8, 4) is 5.75 Å². The summed E-state index contributed by atoms with van der Waals surface area (Å²) in [5.41, 5.74) is 15.1. The highest BCUT2D eigenvalue weighted by Crippen LogP contribution is 2.26. The molecule has 2 aromatic rings. The van der Waals surface area contributed by atoms with Crippen LogP contribution in [-0.2, 0) is 17.8 Å². The lowest BCUT2D eigenvalue weighted by molar-refractivity contribution is -0.136. The van der Waals surface area contributed by atoms with Crippen molar-refractivity contribution in [1.29, 1.82) is 0 Å². The third-order valence-electron chi connectivity index (χ3n) is 9.03. The molecule has 9 nitrogen and oxygen atoms in total. The topological polar surface area (TPSA) is 112 Å². The Morgan fingerprint density at radius 1 is 1.04 bits per heavy atom. The van der Waals surface area contributed by atoms with Crippen molar-refractivity contribution < 1.29 is 13.9 Å². The van der Waals surface area contributed by atoms with Crippen LogP contribution in [0.1, 0.15) is 43.7 Å². The Hall–Kier alpha value is -2.47. The van der Waals surface area contributed by atoms with Gasteiger partial charge in [0.2, 0.25) is 5.91 Å². The molecule has 2 heterocycles. The second-order valence-electron chi connectivity index (χ2n) is 12.2. The number of carbonyl (C=O) groups excluding carboxylic acids is 1. The first-order valence-corrected chi connectivity index (χ1v) is 17.1. The number of hydrogen-bond acceptors (Lipinski definition) is 8. The van der Waals surface area contributed by atoms with Gasteiger partial charge in [0.1, 0.15) is 11.6 Å². The van der Waals surface area contributed by atoms with Crippen molar-refractivity contribution in [3.05, 3.63) is 58.4 Å². The minimum atomic E-state index is -0.483. The third kappa shape index (κ3) is 10.8. The molecule has 45 heavy (non-hydrogen) atoms. The summed E-state index contributed by atoms with van der Waals surface area (Å²) in [7, 11) is 0. The zero-order valence-corrected chi connectivity index (χ0v) is 27.7. The molecule has 1 amide bonds. The van der Waals surface area contributed by atoms with E-state index < -0.39 is 6.04 Å². The van der Waals surface area contributed by atoms with E-state index in [1.54, 1.807) is 6.07 Å². The Kier molecular flexibility index (Phi) is 14.6. The predicted octanol–water partition coefficient (Wildman–Crippen LogP) is 3.54. The van der Waals surface area contributed by atoms with Gasteiger partial charge in [0.15, 0.2) is 0 Å². The molecule has 0 bridgehead atoms. The number of anilines is 1. The van der Waals surface area contributed by atoms with Gasteiger partial charge in [-0.1, -0.05) is 17.7 Å². The first-order valence-electron chi connectivity index (χ1n) is 16.7. The Morgan fingerprint density at radius 2 is 1.80 bits per heavy atom. The maximum atomic E-state index is 14.5. The molecule has 6 N–H and O–H groups in total. The summed E-state index contributed by atoms with van der Waals surface area (Å²) < 4.78 is 20.2. The number of hydrogen-bond donors (Lipinski definition) is 4. The number of halogens is 2. The summed E-state index contributed by atoms with van der Waals surface area (Å²) in [6.45, 7) is 11.8. The lowest BCUT2D eigenvalue weighted by Crippen LogP contribution is -2.55. The van der Waals surface area contributed by atoms with E-state index in [9.17, 15) is 9.18 Å². The van der Waals surface area contributed by atoms with E-state index in [1.165, 1.54) is 11.6 Å². The van der Waals surface area contributed by atoms with Gasteiger partial charge >= 0.3 is 0 Å². The molecule has 0 radical (unpaired) electrons. The van der Waals surface area contributed by atoms with E-state index in [0.29, 0.717) is 50.6 Å². The number of nitrogens with two attached hydrogens (primary N) is 2. The van der Waals surface area contributed by atoms with Crippen molar-refractivity contribution in [2.24, 2.45) is 17.4 Å². The van der Waals surface area contributed by atoms with Crippen LogP contribution in [-0.4, -0.2) is 105 Å². The Labute approximate surface area is 273 Å². The number of piperidine rings is 1. The van der Waals surface area contributed by atoms with E-state index in [-0.39, 0.29) is 17.6 Å². The summed E-state index contributed by atoms with van der Waals surface area (Å²) in [5.74, 6) is 0.557. The average Bonchev–Trinajstić information content (AvgIpc) is 3.05. The van der Waals surface area contributed by atoms with Crippen LogP contribution < -0.4 is 26.8 Å². The molecule has 0 spiro atoms. The number of ether oxygens (including phenoxy) is 1. The van der Waals surface area contributed by atoms with Crippen molar-refractivity contribution in [2.45, 2.75) is 51.6 Å². The molecule has 11 heteroatoms.